The minimum atomic E-state index is -0.360. The van der Waals surface area contributed by atoms with Gasteiger partial charge >= 0.3 is 0 Å². The SMILES string of the molecule is O=C(Cc1cccc(Br)c1)c1ccc(F)cc1Br. The van der Waals surface area contributed by atoms with Crippen LogP contribution in [-0.4, -0.2) is 5.78 Å². The lowest BCUT2D eigenvalue weighted by Gasteiger charge is -2.04. The summed E-state index contributed by atoms with van der Waals surface area (Å²) in [5, 5.41) is 0. The molecule has 0 atom stereocenters. The lowest BCUT2D eigenvalue weighted by Crippen LogP contribution is -2.04. The number of benzene rings is 2. The summed E-state index contributed by atoms with van der Waals surface area (Å²) in [4.78, 5) is 12.1. The molecule has 0 radical (unpaired) electrons. The van der Waals surface area contributed by atoms with Crippen molar-refractivity contribution in [3.8, 4) is 0 Å². The fourth-order valence-electron chi connectivity index (χ4n) is 1.64. The Hall–Kier alpha value is -1.00. The van der Waals surface area contributed by atoms with Gasteiger partial charge < -0.3 is 0 Å². The molecule has 92 valence electrons. The third kappa shape index (κ3) is 3.27. The molecule has 18 heavy (non-hydrogen) atoms. The maximum atomic E-state index is 12.9. The molecule has 0 heterocycles. The molecule has 0 amide bonds. The van der Waals surface area contributed by atoms with Crippen LogP contribution >= 0.6 is 31.9 Å². The first-order valence-corrected chi connectivity index (χ1v) is 6.87. The van der Waals surface area contributed by atoms with Crippen LogP contribution < -0.4 is 0 Å². The standard InChI is InChI=1S/C14H9Br2FO/c15-10-3-1-2-9(6-10)7-14(18)12-5-4-11(17)8-13(12)16/h1-6,8H,7H2. The Labute approximate surface area is 121 Å². The molecule has 4 heteroatoms. The molecule has 2 aromatic carbocycles. The highest BCUT2D eigenvalue weighted by Crippen LogP contribution is 2.21. The molecular formula is C14H9Br2FO. The van der Waals surface area contributed by atoms with Gasteiger partial charge in [0.15, 0.2) is 5.78 Å². The summed E-state index contributed by atoms with van der Waals surface area (Å²) in [6.45, 7) is 0. The number of hydrogen-bond acceptors (Lipinski definition) is 1. The average molecular weight is 372 g/mol. The van der Waals surface area contributed by atoms with Crippen molar-refractivity contribution in [2.75, 3.05) is 0 Å². The van der Waals surface area contributed by atoms with Crippen molar-refractivity contribution in [2.45, 2.75) is 6.42 Å². The van der Waals surface area contributed by atoms with Crippen molar-refractivity contribution in [3.63, 3.8) is 0 Å². The molecule has 0 saturated heterocycles. The van der Waals surface area contributed by atoms with Crippen LogP contribution in [0.15, 0.2) is 51.4 Å². The van der Waals surface area contributed by atoms with Gasteiger partial charge in [-0.2, -0.15) is 0 Å². The molecule has 0 unspecified atom stereocenters. The topological polar surface area (TPSA) is 17.1 Å². The Balaban J connectivity index is 2.22. The van der Waals surface area contributed by atoms with Gasteiger partial charge in [0.1, 0.15) is 5.82 Å². The lowest BCUT2D eigenvalue weighted by atomic mass is 10.0. The molecular weight excluding hydrogens is 363 g/mol. The minimum absolute atomic E-state index is 0.0417. The molecule has 2 aromatic rings. The summed E-state index contributed by atoms with van der Waals surface area (Å²) < 4.78 is 14.4. The van der Waals surface area contributed by atoms with Crippen LogP contribution in [0, 0.1) is 5.82 Å². The first-order valence-electron chi connectivity index (χ1n) is 5.29. The predicted octanol–water partition coefficient (Wildman–Crippen LogP) is 4.78. The van der Waals surface area contributed by atoms with E-state index in [1.165, 1.54) is 18.2 Å². The lowest BCUT2D eigenvalue weighted by molar-refractivity contribution is 0.0992. The summed E-state index contributed by atoms with van der Waals surface area (Å²) in [6, 6.07) is 11.7. The largest absolute Gasteiger partial charge is 0.294 e. The average Bonchev–Trinajstić information content (AvgIpc) is 2.28. The summed E-state index contributed by atoms with van der Waals surface area (Å²) in [7, 11) is 0. The van der Waals surface area contributed by atoms with Crippen LogP contribution in [0.25, 0.3) is 0 Å². The van der Waals surface area contributed by atoms with Gasteiger partial charge in [-0.05, 0) is 51.8 Å². The Morgan fingerprint density at radius 1 is 1.11 bits per heavy atom. The number of Topliss-reactive ketones (excluding diaryl/α,β-unsaturated/α-hetero) is 1. The highest BCUT2D eigenvalue weighted by molar-refractivity contribution is 9.10. The van der Waals surface area contributed by atoms with E-state index in [4.69, 9.17) is 0 Å². The normalized spacial score (nSPS) is 10.4. The summed E-state index contributed by atoms with van der Waals surface area (Å²) >= 11 is 6.57. The zero-order chi connectivity index (χ0) is 13.1. The van der Waals surface area contributed by atoms with Gasteiger partial charge in [-0.25, -0.2) is 4.39 Å². The first kappa shape index (κ1) is 13.4. The van der Waals surface area contributed by atoms with Crippen molar-refractivity contribution in [3.05, 3.63) is 68.4 Å². The van der Waals surface area contributed by atoms with Gasteiger partial charge in [0.25, 0.3) is 0 Å². The Bertz CT molecular complexity index is 596. The third-order valence-electron chi connectivity index (χ3n) is 2.49. The Kier molecular flexibility index (Phi) is 4.30. The molecule has 0 aliphatic rings. The van der Waals surface area contributed by atoms with E-state index >= 15 is 0 Å². The smallest absolute Gasteiger partial charge is 0.168 e. The highest BCUT2D eigenvalue weighted by Gasteiger charge is 2.11. The van der Waals surface area contributed by atoms with Crippen molar-refractivity contribution in [1.29, 1.82) is 0 Å². The number of hydrogen-bond donors (Lipinski definition) is 0. The zero-order valence-electron chi connectivity index (χ0n) is 9.29. The second-order valence-electron chi connectivity index (χ2n) is 3.85. The summed E-state index contributed by atoms with van der Waals surface area (Å²) in [5.41, 5.74) is 1.42. The maximum Gasteiger partial charge on any atom is 0.168 e. The Morgan fingerprint density at radius 3 is 2.56 bits per heavy atom. The Morgan fingerprint density at radius 2 is 1.89 bits per heavy atom. The van der Waals surface area contributed by atoms with Gasteiger partial charge in [-0.15, -0.1) is 0 Å². The molecule has 0 saturated carbocycles. The minimum Gasteiger partial charge on any atom is -0.294 e. The molecule has 0 bridgehead atoms. The summed E-state index contributed by atoms with van der Waals surface area (Å²) in [5.74, 6) is -0.402. The van der Waals surface area contributed by atoms with Crippen LogP contribution in [-0.2, 0) is 6.42 Å². The summed E-state index contributed by atoms with van der Waals surface area (Å²) in [6.07, 6.45) is 0.295. The highest BCUT2D eigenvalue weighted by atomic mass is 79.9. The molecule has 0 N–H and O–H groups in total. The van der Waals surface area contributed by atoms with Crippen molar-refractivity contribution in [2.24, 2.45) is 0 Å². The molecule has 0 spiro atoms. The number of halogens is 3. The maximum absolute atomic E-state index is 12.9. The molecule has 0 fully saturated rings. The third-order valence-corrected chi connectivity index (χ3v) is 3.63. The van der Waals surface area contributed by atoms with E-state index < -0.39 is 0 Å². The zero-order valence-corrected chi connectivity index (χ0v) is 12.5. The quantitative estimate of drug-likeness (QED) is 0.710. The monoisotopic (exact) mass is 370 g/mol. The molecule has 0 aromatic heterocycles. The van der Waals surface area contributed by atoms with Crippen LogP contribution in [0.5, 0.6) is 0 Å². The van der Waals surface area contributed by atoms with Crippen LogP contribution in [0.2, 0.25) is 0 Å². The van der Waals surface area contributed by atoms with Crippen molar-refractivity contribution in [1.82, 2.24) is 0 Å². The second-order valence-corrected chi connectivity index (χ2v) is 5.62. The molecule has 0 aliphatic heterocycles. The van der Waals surface area contributed by atoms with E-state index in [0.29, 0.717) is 16.5 Å². The van der Waals surface area contributed by atoms with E-state index in [9.17, 15) is 9.18 Å². The van der Waals surface area contributed by atoms with Gasteiger partial charge in [0.2, 0.25) is 0 Å². The number of rotatable bonds is 3. The fraction of sp³-hybridized carbons (Fsp3) is 0.0714. The molecule has 0 aliphatic carbocycles. The van der Waals surface area contributed by atoms with E-state index in [1.807, 2.05) is 24.3 Å². The van der Waals surface area contributed by atoms with E-state index in [1.54, 1.807) is 0 Å². The van der Waals surface area contributed by atoms with Crippen LogP contribution in [0.1, 0.15) is 15.9 Å². The van der Waals surface area contributed by atoms with E-state index in [2.05, 4.69) is 31.9 Å². The van der Waals surface area contributed by atoms with Crippen molar-refractivity contribution >= 4 is 37.6 Å². The second kappa shape index (κ2) is 5.76. The van der Waals surface area contributed by atoms with Gasteiger partial charge in [0.05, 0.1) is 0 Å². The van der Waals surface area contributed by atoms with Gasteiger partial charge in [-0.1, -0.05) is 28.1 Å². The van der Waals surface area contributed by atoms with E-state index in [0.717, 1.165) is 10.0 Å². The molecule has 1 nitrogen and oxygen atoms in total. The van der Waals surface area contributed by atoms with Crippen LogP contribution in [0.3, 0.4) is 0 Å². The van der Waals surface area contributed by atoms with E-state index in [-0.39, 0.29) is 11.6 Å². The number of ketones is 1. The first-order chi connectivity index (χ1) is 8.56. The number of carbonyl (C=O) groups excluding carboxylic acids is 1. The molecule has 2 rings (SSSR count). The predicted molar refractivity (Wildman–Crippen MR) is 76.3 cm³/mol. The van der Waals surface area contributed by atoms with Crippen molar-refractivity contribution < 1.29 is 9.18 Å². The van der Waals surface area contributed by atoms with Gasteiger partial charge in [-0.3, -0.25) is 4.79 Å². The fourth-order valence-corrected chi connectivity index (χ4v) is 2.66. The number of carbonyl (C=O) groups is 1. The van der Waals surface area contributed by atoms with Gasteiger partial charge in [0, 0.05) is 20.9 Å². The van der Waals surface area contributed by atoms with Crippen LogP contribution in [0.4, 0.5) is 4.39 Å².